The van der Waals surface area contributed by atoms with Crippen LogP contribution in [0.2, 0.25) is 0 Å². The van der Waals surface area contributed by atoms with Crippen molar-refractivity contribution in [1.82, 2.24) is 4.90 Å². The van der Waals surface area contributed by atoms with E-state index in [0.717, 1.165) is 19.5 Å². The van der Waals surface area contributed by atoms with Gasteiger partial charge in [-0.1, -0.05) is 0 Å². The van der Waals surface area contributed by atoms with Gasteiger partial charge in [-0.2, -0.15) is 0 Å². The highest BCUT2D eigenvalue weighted by Gasteiger charge is 2.29. The molecular weight excluding hydrogens is 192 g/mol. The molecule has 2 unspecified atom stereocenters. The van der Waals surface area contributed by atoms with Crippen molar-refractivity contribution in [2.45, 2.75) is 19.4 Å². The van der Waals surface area contributed by atoms with E-state index in [9.17, 15) is 4.79 Å². The lowest BCUT2D eigenvalue weighted by atomic mass is 10.0. The molecule has 0 radical (unpaired) electrons. The molecule has 0 aliphatic carbocycles. The van der Waals surface area contributed by atoms with Gasteiger partial charge in [-0.05, 0) is 31.4 Å². The highest BCUT2D eigenvalue weighted by Crippen LogP contribution is 2.20. The van der Waals surface area contributed by atoms with Crippen LogP contribution in [0.1, 0.15) is 23.9 Å². The number of likely N-dealkylation sites (tertiary alicyclic amines) is 1. The zero-order valence-electron chi connectivity index (χ0n) is 8.85. The third-order valence-electron chi connectivity index (χ3n) is 2.99. The third kappa shape index (κ3) is 2.04. The summed E-state index contributed by atoms with van der Waals surface area (Å²) >= 11 is 0. The van der Waals surface area contributed by atoms with Gasteiger partial charge >= 0.3 is 0 Å². The van der Waals surface area contributed by atoms with Crippen molar-refractivity contribution in [2.75, 3.05) is 13.1 Å². The molecule has 2 N–H and O–H groups in total. The number of nitrogens with two attached hydrogens (primary N) is 1. The number of furan rings is 1. The molecule has 1 amide bonds. The second kappa shape index (κ2) is 4.06. The van der Waals surface area contributed by atoms with E-state index in [4.69, 9.17) is 10.2 Å². The van der Waals surface area contributed by atoms with Crippen molar-refractivity contribution in [3.63, 3.8) is 0 Å². The highest BCUT2D eigenvalue weighted by atomic mass is 16.3. The van der Waals surface area contributed by atoms with E-state index in [1.807, 2.05) is 11.8 Å². The van der Waals surface area contributed by atoms with Crippen LogP contribution in [0.4, 0.5) is 0 Å². The van der Waals surface area contributed by atoms with Crippen molar-refractivity contribution in [3.8, 4) is 0 Å². The van der Waals surface area contributed by atoms with E-state index in [0.29, 0.717) is 11.7 Å². The minimum atomic E-state index is -0.0249. The van der Waals surface area contributed by atoms with Gasteiger partial charge in [0.2, 0.25) is 0 Å². The maximum atomic E-state index is 11.9. The van der Waals surface area contributed by atoms with Crippen molar-refractivity contribution >= 4 is 5.91 Å². The molecule has 4 heteroatoms. The fourth-order valence-corrected chi connectivity index (χ4v) is 1.96. The number of carbonyl (C=O) groups excluding carboxylic acids is 1. The van der Waals surface area contributed by atoms with Gasteiger partial charge < -0.3 is 15.1 Å². The fraction of sp³-hybridized carbons (Fsp3) is 0.545. The van der Waals surface area contributed by atoms with E-state index < -0.39 is 0 Å². The molecule has 1 aromatic rings. The Hall–Kier alpha value is -1.29. The molecule has 1 aliphatic rings. The maximum Gasteiger partial charge on any atom is 0.289 e. The minimum Gasteiger partial charge on any atom is -0.459 e. The van der Waals surface area contributed by atoms with Crippen LogP contribution in [0.25, 0.3) is 0 Å². The van der Waals surface area contributed by atoms with E-state index in [-0.39, 0.29) is 11.9 Å². The van der Waals surface area contributed by atoms with Crippen LogP contribution in [-0.4, -0.2) is 29.9 Å². The Balaban J connectivity index is 1.99. The summed E-state index contributed by atoms with van der Waals surface area (Å²) in [5.74, 6) is 0.812. The molecule has 0 spiro atoms. The summed E-state index contributed by atoms with van der Waals surface area (Å²) in [5, 5.41) is 0. The summed E-state index contributed by atoms with van der Waals surface area (Å²) in [5.41, 5.74) is 5.82. The number of hydrogen-bond acceptors (Lipinski definition) is 3. The number of hydrogen-bond donors (Lipinski definition) is 1. The summed E-state index contributed by atoms with van der Waals surface area (Å²) in [6.45, 7) is 3.52. The lowest BCUT2D eigenvalue weighted by Gasteiger charge is -2.16. The molecule has 1 fully saturated rings. The molecule has 0 bridgehead atoms. The first kappa shape index (κ1) is 10.2. The highest BCUT2D eigenvalue weighted by molar-refractivity contribution is 5.91. The second-order valence-electron chi connectivity index (χ2n) is 4.14. The summed E-state index contributed by atoms with van der Waals surface area (Å²) < 4.78 is 5.08. The Bertz CT molecular complexity index is 332. The maximum absolute atomic E-state index is 11.9. The Morgan fingerprint density at radius 1 is 1.73 bits per heavy atom. The van der Waals surface area contributed by atoms with Crippen LogP contribution in [0.5, 0.6) is 0 Å². The number of rotatable bonds is 2. The smallest absolute Gasteiger partial charge is 0.289 e. The van der Waals surface area contributed by atoms with Gasteiger partial charge in [-0.3, -0.25) is 4.79 Å². The molecular formula is C11H16N2O2. The molecule has 4 nitrogen and oxygen atoms in total. The van der Waals surface area contributed by atoms with Gasteiger partial charge in [0.25, 0.3) is 5.91 Å². The van der Waals surface area contributed by atoms with E-state index in [2.05, 4.69) is 0 Å². The van der Waals surface area contributed by atoms with Gasteiger partial charge in [0.15, 0.2) is 5.76 Å². The number of amides is 1. The largest absolute Gasteiger partial charge is 0.459 e. The second-order valence-corrected chi connectivity index (χ2v) is 4.14. The molecule has 2 atom stereocenters. The Morgan fingerprint density at radius 3 is 3.07 bits per heavy atom. The molecule has 1 aromatic heterocycles. The predicted molar refractivity (Wildman–Crippen MR) is 56.4 cm³/mol. The first-order valence-corrected chi connectivity index (χ1v) is 5.27. The van der Waals surface area contributed by atoms with E-state index in [1.54, 1.807) is 12.1 Å². The fourth-order valence-electron chi connectivity index (χ4n) is 1.96. The lowest BCUT2D eigenvalue weighted by Crippen LogP contribution is -2.32. The van der Waals surface area contributed by atoms with Crippen LogP contribution in [-0.2, 0) is 0 Å². The summed E-state index contributed by atoms with van der Waals surface area (Å²) in [6, 6.07) is 3.58. The van der Waals surface area contributed by atoms with Crippen LogP contribution in [0, 0.1) is 5.92 Å². The monoisotopic (exact) mass is 208 g/mol. The quantitative estimate of drug-likeness (QED) is 0.791. The molecule has 2 rings (SSSR count). The minimum absolute atomic E-state index is 0.0249. The summed E-state index contributed by atoms with van der Waals surface area (Å²) in [4.78, 5) is 13.7. The molecule has 1 aliphatic heterocycles. The Morgan fingerprint density at radius 2 is 2.53 bits per heavy atom. The first-order chi connectivity index (χ1) is 7.18. The SMILES string of the molecule is CC(N)C1CCN(C(=O)c2ccco2)C1. The predicted octanol–water partition coefficient (Wildman–Crippen LogP) is 1.09. The average Bonchev–Trinajstić information content (AvgIpc) is 2.88. The van der Waals surface area contributed by atoms with E-state index >= 15 is 0 Å². The third-order valence-corrected chi connectivity index (χ3v) is 2.99. The summed E-state index contributed by atoms with van der Waals surface area (Å²) in [6.07, 6.45) is 2.51. The van der Waals surface area contributed by atoms with Gasteiger partial charge in [-0.25, -0.2) is 0 Å². The molecule has 1 saturated heterocycles. The normalized spacial score (nSPS) is 23.1. The van der Waals surface area contributed by atoms with Crippen LogP contribution >= 0.6 is 0 Å². The van der Waals surface area contributed by atoms with Crippen LogP contribution in [0.15, 0.2) is 22.8 Å². The van der Waals surface area contributed by atoms with Gasteiger partial charge in [0.05, 0.1) is 6.26 Å². The molecule has 0 aromatic carbocycles. The lowest BCUT2D eigenvalue weighted by molar-refractivity contribution is 0.0754. The standard InChI is InChI=1S/C11H16N2O2/c1-8(12)9-4-5-13(7-9)11(14)10-3-2-6-15-10/h2-3,6,8-9H,4-5,7,12H2,1H3. The zero-order chi connectivity index (χ0) is 10.8. The summed E-state index contributed by atoms with van der Waals surface area (Å²) in [7, 11) is 0. The van der Waals surface area contributed by atoms with Gasteiger partial charge in [-0.15, -0.1) is 0 Å². The number of nitrogens with zero attached hydrogens (tertiary/aromatic N) is 1. The topological polar surface area (TPSA) is 59.5 Å². The van der Waals surface area contributed by atoms with Crippen molar-refractivity contribution < 1.29 is 9.21 Å². The van der Waals surface area contributed by atoms with Crippen molar-refractivity contribution in [2.24, 2.45) is 11.7 Å². The van der Waals surface area contributed by atoms with Crippen molar-refractivity contribution in [1.29, 1.82) is 0 Å². The van der Waals surface area contributed by atoms with Crippen molar-refractivity contribution in [3.05, 3.63) is 24.2 Å². The Kier molecular flexibility index (Phi) is 2.77. The molecule has 15 heavy (non-hydrogen) atoms. The van der Waals surface area contributed by atoms with E-state index in [1.165, 1.54) is 6.26 Å². The molecule has 82 valence electrons. The number of carbonyl (C=O) groups is 1. The first-order valence-electron chi connectivity index (χ1n) is 5.27. The molecule has 2 heterocycles. The van der Waals surface area contributed by atoms with Crippen LogP contribution in [0.3, 0.4) is 0 Å². The average molecular weight is 208 g/mol. The van der Waals surface area contributed by atoms with Gasteiger partial charge in [0, 0.05) is 19.1 Å². The van der Waals surface area contributed by atoms with Crippen LogP contribution < -0.4 is 5.73 Å². The molecule has 0 saturated carbocycles. The Labute approximate surface area is 89.0 Å². The zero-order valence-corrected chi connectivity index (χ0v) is 8.85. The van der Waals surface area contributed by atoms with Gasteiger partial charge in [0.1, 0.15) is 0 Å².